The van der Waals surface area contributed by atoms with Gasteiger partial charge in [-0.05, 0) is 31.2 Å². The molecule has 22 heavy (non-hydrogen) atoms. The SMILES string of the molecule is C[C@@]12C=CC(=O)C[C@@H]1n1nnc(-c3ccc(Cl)cc3)c1CO2. The van der Waals surface area contributed by atoms with E-state index in [0.717, 1.165) is 17.0 Å². The van der Waals surface area contributed by atoms with Gasteiger partial charge in [-0.3, -0.25) is 4.79 Å². The second-order valence-corrected chi connectivity index (χ2v) is 6.26. The number of benzene rings is 1. The van der Waals surface area contributed by atoms with Gasteiger partial charge in [-0.1, -0.05) is 28.9 Å². The first kappa shape index (κ1) is 13.7. The van der Waals surface area contributed by atoms with E-state index in [9.17, 15) is 4.79 Å². The molecule has 0 radical (unpaired) electrons. The lowest BCUT2D eigenvalue weighted by molar-refractivity contribution is -0.124. The van der Waals surface area contributed by atoms with Gasteiger partial charge in [0.05, 0.1) is 18.3 Å². The molecule has 1 aliphatic carbocycles. The lowest BCUT2D eigenvalue weighted by Crippen LogP contribution is -2.45. The zero-order valence-corrected chi connectivity index (χ0v) is 12.7. The Balaban J connectivity index is 1.80. The molecule has 1 aromatic carbocycles. The molecular formula is C16H14ClN3O2. The van der Waals surface area contributed by atoms with Gasteiger partial charge in [0.2, 0.25) is 0 Å². The van der Waals surface area contributed by atoms with Crippen LogP contribution in [0, 0.1) is 0 Å². The molecule has 4 rings (SSSR count). The van der Waals surface area contributed by atoms with Crippen molar-refractivity contribution in [3.8, 4) is 11.3 Å². The molecule has 112 valence electrons. The highest BCUT2D eigenvalue weighted by Gasteiger charge is 2.44. The Morgan fingerprint density at radius 1 is 1.36 bits per heavy atom. The summed E-state index contributed by atoms with van der Waals surface area (Å²) < 4.78 is 7.86. The molecule has 2 heterocycles. The van der Waals surface area contributed by atoms with E-state index >= 15 is 0 Å². The number of aromatic nitrogens is 3. The highest BCUT2D eigenvalue weighted by Crippen LogP contribution is 2.41. The number of carbonyl (C=O) groups is 1. The van der Waals surface area contributed by atoms with Crippen LogP contribution in [-0.2, 0) is 16.1 Å². The Morgan fingerprint density at radius 3 is 2.91 bits per heavy atom. The van der Waals surface area contributed by atoms with E-state index in [1.165, 1.54) is 0 Å². The minimum absolute atomic E-state index is 0.0856. The van der Waals surface area contributed by atoms with Crippen molar-refractivity contribution in [3.63, 3.8) is 0 Å². The zero-order chi connectivity index (χ0) is 15.3. The van der Waals surface area contributed by atoms with Gasteiger partial charge in [-0.2, -0.15) is 0 Å². The highest BCUT2D eigenvalue weighted by molar-refractivity contribution is 6.30. The van der Waals surface area contributed by atoms with Crippen molar-refractivity contribution in [2.75, 3.05) is 0 Å². The van der Waals surface area contributed by atoms with Crippen LogP contribution in [0.1, 0.15) is 25.1 Å². The first-order valence-corrected chi connectivity index (χ1v) is 7.51. The van der Waals surface area contributed by atoms with E-state index < -0.39 is 5.60 Å². The topological polar surface area (TPSA) is 57.0 Å². The van der Waals surface area contributed by atoms with Crippen LogP contribution in [0.15, 0.2) is 36.4 Å². The lowest BCUT2D eigenvalue weighted by Gasteiger charge is -2.41. The smallest absolute Gasteiger partial charge is 0.157 e. The molecule has 0 fully saturated rings. The molecule has 2 aliphatic rings. The molecule has 1 aliphatic heterocycles. The van der Waals surface area contributed by atoms with E-state index in [1.807, 2.05) is 41.9 Å². The second-order valence-electron chi connectivity index (χ2n) is 5.83. The average Bonchev–Trinajstić information content (AvgIpc) is 2.93. The number of hydrogen-bond acceptors (Lipinski definition) is 4. The lowest BCUT2D eigenvalue weighted by atomic mass is 9.85. The molecule has 0 N–H and O–H groups in total. The summed E-state index contributed by atoms with van der Waals surface area (Å²) in [7, 11) is 0. The van der Waals surface area contributed by atoms with Gasteiger partial charge in [-0.15, -0.1) is 5.10 Å². The predicted molar refractivity (Wildman–Crippen MR) is 81.5 cm³/mol. The first-order valence-electron chi connectivity index (χ1n) is 7.13. The molecule has 5 nitrogen and oxygen atoms in total. The molecule has 6 heteroatoms. The van der Waals surface area contributed by atoms with Crippen molar-refractivity contribution in [1.82, 2.24) is 15.0 Å². The van der Waals surface area contributed by atoms with Gasteiger partial charge in [-0.25, -0.2) is 4.68 Å². The summed E-state index contributed by atoms with van der Waals surface area (Å²) >= 11 is 5.93. The van der Waals surface area contributed by atoms with Gasteiger partial charge in [0.15, 0.2) is 5.78 Å². The molecule has 2 atom stereocenters. The van der Waals surface area contributed by atoms with Crippen LogP contribution in [0.3, 0.4) is 0 Å². The molecule has 0 saturated heterocycles. The summed E-state index contributed by atoms with van der Waals surface area (Å²) in [5.74, 6) is 0.0856. The number of halogens is 1. The van der Waals surface area contributed by atoms with Crippen molar-refractivity contribution in [3.05, 3.63) is 47.1 Å². The normalized spacial score (nSPS) is 26.6. The summed E-state index contributed by atoms with van der Waals surface area (Å²) in [6, 6.07) is 7.31. The molecule has 2 aromatic rings. The molecular weight excluding hydrogens is 302 g/mol. The fraction of sp³-hybridized carbons (Fsp3) is 0.312. The number of rotatable bonds is 1. The minimum Gasteiger partial charge on any atom is -0.363 e. The number of ether oxygens (including phenoxy) is 1. The molecule has 0 saturated carbocycles. The van der Waals surface area contributed by atoms with E-state index in [0.29, 0.717) is 18.1 Å². The van der Waals surface area contributed by atoms with Gasteiger partial charge < -0.3 is 4.74 Å². The van der Waals surface area contributed by atoms with E-state index in [2.05, 4.69) is 10.3 Å². The summed E-state index contributed by atoms with van der Waals surface area (Å²) in [5, 5.41) is 9.26. The number of fused-ring (bicyclic) bond motifs is 3. The monoisotopic (exact) mass is 315 g/mol. The van der Waals surface area contributed by atoms with Crippen molar-refractivity contribution in [2.24, 2.45) is 0 Å². The maximum atomic E-state index is 11.8. The quantitative estimate of drug-likeness (QED) is 0.812. The van der Waals surface area contributed by atoms with Gasteiger partial charge >= 0.3 is 0 Å². The standard InChI is InChI=1S/C16H14ClN3O2/c1-16-7-6-12(21)8-14(16)20-13(9-22-16)15(18-19-20)10-2-4-11(17)5-3-10/h2-7,14H,8-9H2,1H3/t14-,16+/m0/s1. The fourth-order valence-electron chi connectivity index (χ4n) is 3.06. The van der Waals surface area contributed by atoms with Crippen LogP contribution in [0.4, 0.5) is 0 Å². The van der Waals surface area contributed by atoms with Crippen molar-refractivity contribution >= 4 is 17.4 Å². The highest BCUT2D eigenvalue weighted by atomic mass is 35.5. The van der Waals surface area contributed by atoms with E-state index in [4.69, 9.17) is 16.3 Å². The minimum atomic E-state index is -0.508. The Kier molecular flexibility index (Phi) is 2.96. The van der Waals surface area contributed by atoms with Crippen LogP contribution >= 0.6 is 11.6 Å². The molecule has 1 aromatic heterocycles. The third-order valence-corrected chi connectivity index (χ3v) is 4.63. The van der Waals surface area contributed by atoms with Crippen molar-refractivity contribution in [1.29, 1.82) is 0 Å². The summed E-state index contributed by atoms with van der Waals surface area (Å²) in [4.78, 5) is 11.8. The van der Waals surface area contributed by atoms with Crippen LogP contribution in [0.5, 0.6) is 0 Å². The molecule has 0 spiro atoms. The molecule has 0 amide bonds. The van der Waals surface area contributed by atoms with Crippen LogP contribution < -0.4 is 0 Å². The predicted octanol–water partition coefficient (Wildman–Crippen LogP) is 2.96. The maximum Gasteiger partial charge on any atom is 0.157 e. The zero-order valence-electron chi connectivity index (χ0n) is 12.0. The molecule has 0 bridgehead atoms. The maximum absolute atomic E-state index is 11.8. The number of hydrogen-bond donors (Lipinski definition) is 0. The Hall–Kier alpha value is -1.98. The van der Waals surface area contributed by atoms with Gasteiger partial charge in [0.1, 0.15) is 11.3 Å². The number of carbonyl (C=O) groups excluding carboxylic acids is 1. The largest absolute Gasteiger partial charge is 0.363 e. The second kappa shape index (κ2) is 4.76. The summed E-state index contributed by atoms with van der Waals surface area (Å²) in [6.45, 7) is 2.39. The Bertz CT molecular complexity index is 781. The van der Waals surface area contributed by atoms with E-state index in [1.54, 1.807) is 6.08 Å². The Morgan fingerprint density at radius 2 is 2.14 bits per heavy atom. The van der Waals surface area contributed by atoms with Crippen LogP contribution in [0.25, 0.3) is 11.3 Å². The van der Waals surface area contributed by atoms with E-state index in [-0.39, 0.29) is 11.8 Å². The average molecular weight is 316 g/mol. The third kappa shape index (κ3) is 2.01. The van der Waals surface area contributed by atoms with Gasteiger partial charge in [0, 0.05) is 17.0 Å². The van der Waals surface area contributed by atoms with Crippen molar-refractivity contribution in [2.45, 2.75) is 31.6 Å². The number of ketones is 1. The number of allylic oxidation sites excluding steroid dienone is 1. The fourth-order valence-corrected chi connectivity index (χ4v) is 3.18. The molecule has 0 unspecified atom stereocenters. The van der Waals surface area contributed by atoms with Gasteiger partial charge in [0.25, 0.3) is 0 Å². The van der Waals surface area contributed by atoms with Crippen LogP contribution in [0.2, 0.25) is 5.02 Å². The first-order chi connectivity index (χ1) is 10.6. The third-order valence-electron chi connectivity index (χ3n) is 4.38. The summed E-state index contributed by atoms with van der Waals surface area (Å²) in [5.41, 5.74) is 2.11. The Labute approximate surface area is 132 Å². The van der Waals surface area contributed by atoms with Crippen LogP contribution in [-0.4, -0.2) is 26.4 Å². The summed E-state index contributed by atoms with van der Waals surface area (Å²) in [6.07, 6.45) is 3.80. The number of nitrogens with zero attached hydrogens (tertiary/aromatic N) is 3. The van der Waals surface area contributed by atoms with Crippen molar-refractivity contribution < 1.29 is 9.53 Å².